The quantitative estimate of drug-likeness (QED) is 0.767. The van der Waals surface area contributed by atoms with Gasteiger partial charge < -0.3 is 4.98 Å². The van der Waals surface area contributed by atoms with Crippen LogP contribution in [0.4, 0.5) is 0 Å². The smallest absolute Gasteiger partial charge is 0.123 e. The number of H-pyrrole nitrogens is 1. The van der Waals surface area contributed by atoms with E-state index in [-0.39, 0.29) is 5.54 Å². The Hall–Kier alpha value is -0.830. The van der Waals surface area contributed by atoms with Gasteiger partial charge >= 0.3 is 0 Å². The van der Waals surface area contributed by atoms with Crippen LogP contribution >= 0.6 is 0 Å². The number of nitrogens with one attached hydrogen (secondary N) is 1. The molecule has 0 aromatic carbocycles. The second-order valence-corrected chi connectivity index (χ2v) is 5.47. The normalized spacial score (nSPS) is 23.6. The first-order valence-electron chi connectivity index (χ1n) is 5.77. The van der Waals surface area contributed by atoms with Crippen LogP contribution < -0.4 is 0 Å². The minimum Gasteiger partial charge on any atom is -0.345 e. The lowest BCUT2D eigenvalue weighted by atomic mass is 10.0. The molecular weight excluding hydrogens is 186 g/mol. The van der Waals surface area contributed by atoms with E-state index in [1.165, 1.54) is 19.4 Å². The van der Waals surface area contributed by atoms with Crippen LogP contribution in [-0.2, 0) is 0 Å². The van der Waals surface area contributed by atoms with E-state index in [4.69, 9.17) is 0 Å². The van der Waals surface area contributed by atoms with E-state index in [1.807, 2.05) is 6.20 Å². The van der Waals surface area contributed by atoms with E-state index in [9.17, 15) is 0 Å². The highest BCUT2D eigenvalue weighted by Crippen LogP contribution is 2.35. The molecule has 0 spiro atoms. The molecule has 0 saturated carbocycles. The van der Waals surface area contributed by atoms with Gasteiger partial charge in [0.05, 0.1) is 6.04 Å². The first-order valence-corrected chi connectivity index (χ1v) is 5.77. The van der Waals surface area contributed by atoms with Crippen LogP contribution in [-0.4, -0.2) is 27.0 Å². The van der Waals surface area contributed by atoms with Crippen molar-refractivity contribution in [3.8, 4) is 0 Å². The number of aromatic amines is 1. The van der Waals surface area contributed by atoms with Crippen molar-refractivity contribution in [2.75, 3.05) is 6.54 Å². The Bertz CT molecular complexity index is 335. The van der Waals surface area contributed by atoms with Crippen molar-refractivity contribution in [2.24, 2.45) is 0 Å². The van der Waals surface area contributed by atoms with Gasteiger partial charge in [-0.1, -0.05) is 0 Å². The third kappa shape index (κ3) is 2.07. The van der Waals surface area contributed by atoms with E-state index >= 15 is 0 Å². The Morgan fingerprint density at radius 2 is 2.20 bits per heavy atom. The zero-order valence-electron chi connectivity index (χ0n) is 10.2. The third-order valence-corrected chi connectivity index (χ3v) is 3.15. The number of rotatable bonds is 1. The fourth-order valence-corrected chi connectivity index (χ4v) is 2.46. The predicted octanol–water partition coefficient (Wildman–Crippen LogP) is 2.65. The van der Waals surface area contributed by atoms with Crippen molar-refractivity contribution in [3.63, 3.8) is 0 Å². The zero-order valence-corrected chi connectivity index (χ0v) is 10.2. The lowest BCUT2D eigenvalue weighted by Crippen LogP contribution is -2.40. The first kappa shape index (κ1) is 10.7. The molecule has 1 unspecified atom stereocenters. The van der Waals surface area contributed by atoms with Crippen LogP contribution in [0.15, 0.2) is 6.20 Å². The highest BCUT2D eigenvalue weighted by molar-refractivity contribution is 5.06. The number of aryl methyl sites for hydroxylation is 1. The zero-order chi connectivity index (χ0) is 11.1. The summed E-state index contributed by atoms with van der Waals surface area (Å²) in [5.41, 5.74) is 1.40. The highest BCUT2D eigenvalue weighted by Gasteiger charge is 2.35. The number of imidazole rings is 1. The van der Waals surface area contributed by atoms with E-state index in [1.54, 1.807) is 0 Å². The monoisotopic (exact) mass is 207 g/mol. The molecule has 0 radical (unpaired) electrons. The maximum absolute atomic E-state index is 4.46. The third-order valence-electron chi connectivity index (χ3n) is 3.15. The van der Waals surface area contributed by atoms with Crippen molar-refractivity contribution in [1.29, 1.82) is 0 Å². The SMILES string of the molecule is Cc1cnc(C2CCCN2C(C)(C)C)[nH]1. The van der Waals surface area contributed by atoms with E-state index in [2.05, 4.69) is 42.6 Å². The second kappa shape index (κ2) is 3.63. The number of aromatic nitrogens is 2. The minimum atomic E-state index is 0.238. The number of likely N-dealkylation sites (tertiary alicyclic amines) is 1. The van der Waals surface area contributed by atoms with Gasteiger partial charge in [-0.2, -0.15) is 0 Å². The van der Waals surface area contributed by atoms with Crippen molar-refractivity contribution in [3.05, 3.63) is 17.7 Å². The summed E-state index contributed by atoms with van der Waals surface area (Å²) in [6, 6.07) is 0.485. The lowest BCUT2D eigenvalue weighted by molar-refractivity contribution is 0.117. The summed E-state index contributed by atoms with van der Waals surface area (Å²) in [5.74, 6) is 1.14. The summed E-state index contributed by atoms with van der Waals surface area (Å²) in [7, 11) is 0. The van der Waals surface area contributed by atoms with E-state index in [0.717, 1.165) is 11.5 Å². The van der Waals surface area contributed by atoms with Crippen LogP contribution in [0.1, 0.15) is 51.2 Å². The first-order chi connectivity index (χ1) is 6.98. The number of nitrogens with zero attached hydrogens (tertiary/aromatic N) is 2. The molecule has 15 heavy (non-hydrogen) atoms. The van der Waals surface area contributed by atoms with Crippen molar-refractivity contribution in [2.45, 2.75) is 52.1 Å². The highest BCUT2D eigenvalue weighted by atomic mass is 15.3. The maximum atomic E-state index is 4.46. The predicted molar refractivity (Wildman–Crippen MR) is 61.8 cm³/mol. The summed E-state index contributed by atoms with van der Waals surface area (Å²) >= 11 is 0. The van der Waals surface area contributed by atoms with Gasteiger partial charge in [-0.15, -0.1) is 0 Å². The average molecular weight is 207 g/mol. The van der Waals surface area contributed by atoms with Crippen LogP contribution in [0.2, 0.25) is 0 Å². The molecule has 2 rings (SSSR count). The molecular formula is C12H21N3. The van der Waals surface area contributed by atoms with Gasteiger partial charge in [0.25, 0.3) is 0 Å². The maximum Gasteiger partial charge on any atom is 0.123 e. The Morgan fingerprint density at radius 3 is 2.73 bits per heavy atom. The molecule has 84 valence electrons. The molecule has 1 atom stereocenters. The molecule has 1 aliphatic heterocycles. The molecule has 3 heteroatoms. The minimum absolute atomic E-state index is 0.238. The van der Waals surface area contributed by atoms with Crippen LogP contribution in [0.3, 0.4) is 0 Å². The average Bonchev–Trinajstić information content (AvgIpc) is 2.68. The van der Waals surface area contributed by atoms with Crippen molar-refractivity contribution in [1.82, 2.24) is 14.9 Å². The van der Waals surface area contributed by atoms with Crippen molar-refractivity contribution >= 4 is 0 Å². The summed E-state index contributed by atoms with van der Waals surface area (Å²) in [4.78, 5) is 10.4. The van der Waals surface area contributed by atoms with Gasteiger partial charge in [0, 0.05) is 17.4 Å². The van der Waals surface area contributed by atoms with Crippen molar-refractivity contribution < 1.29 is 0 Å². The van der Waals surface area contributed by atoms with Crippen LogP contribution in [0.5, 0.6) is 0 Å². The summed E-state index contributed by atoms with van der Waals surface area (Å²) in [5, 5.41) is 0. The van der Waals surface area contributed by atoms with Gasteiger partial charge in [-0.05, 0) is 47.1 Å². The number of hydrogen-bond acceptors (Lipinski definition) is 2. The molecule has 3 nitrogen and oxygen atoms in total. The largest absolute Gasteiger partial charge is 0.345 e. The summed E-state index contributed by atoms with van der Waals surface area (Å²) in [6.07, 6.45) is 4.43. The summed E-state index contributed by atoms with van der Waals surface area (Å²) in [6.45, 7) is 10.1. The second-order valence-electron chi connectivity index (χ2n) is 5.47. The van der Waals surface area contributed by atoms with Gasteiger partial charge in [-0.3, -0.25) is 4.90 Å². The molecule has 1 N–H and O–H groups in total. The Balaban J connectivity index is 2.22. The molecule has 0 amide bonds. The lowest BCUT2D eigenvalue weighted by Gasteiger charge is -2.36. The van der Waals surface area contributed by atoms with Crippen LogP contribution in [0.25, 0.3) is 0 Å². The van der Waals surface area contributed by atoms with Gasteiger partial charge in [0.2, 0.25) is 0 Å². The Kier molecular flexibility index (Phi) is 2.59. The Labute approximate surface area is 91.9 Å². The molecule has 1 saturated heterocycles. The molecule has 1 aliphatic rings. The standard InChI is InChI=1S/C12H21N3/c1-9-8-13-11(14-9)10-6-5-7-15(10)12(2,3)4/h8,10H,5-7H2,1-4H3,(H,13,14). The summed E-state index contributed by atoms with van der Waals surface area (Å²) < 4.78 is 0. The topological polar surface area (TPSA) is 31.9 Å². The fraction of sp³-hybridized carbons (Fsp3) is 0.750. The Morgan fingerprint density at radius 1 is 1.47 bits per heavy atom. The molecule has 2 heterocycles. The van der Waals surface area contributed by atoms with Gasteiger partial charge in [0.1, 0.15) is 5.82 Å². The molecule has 1 aromatic rings. The number of hydrogen-bond donors (Lipinski definition) is 1. The van der Waals surface area contributed by atoms with Gasteiger partial charge in [-0.25, -0.2) is 4.98 Å². The molecule has 0 bridgehead atoms. The van der Waals surface area contributed by atoms with Gasteiger partial charge in [0.15, 0.2) is 0 Å². The molecule has 0 aliphatic carbocycles. The molecule has 1 fully saturated rings. The fourth-order valence-electron chi connectivity index (χ4n) is 2.46. The molecule has 1 aromatic heterocycles. The van der Waals surface area contributed by atoms with Crippen LogP contribution in [0, 0.1) is 6.92 Å². The van der Waals surface area contributed by atoms with E-state index in [0.29, 0.717) is 6.04 Å². The van der Waals surface area contributed by atoms with E-state index < -0.39 is 0 Å².